The second-order valence-electron chi connectivity index (χ2n) is 4.21. The third kappa shape index (κ3) is 5.40. The van der Waals surface area contributed by atoms with Gasteiger partial charge in [0.15, 0.2) is 0 Å². The molecule has 1 N–H and O–H groups in total. The summed E-state index contributed by atoms with van der Waals surface area (Å²) in [5.74, 6) is 0.907. The van der Waals surface area contributed by atoms with Gasteiger partial charge < -0.3 is 10.1 Å². The molecule has 2 heteroatoms. The van der Waals surface area contributed by atoms with Crippen molar-refractivity contribution in [2.75, 3.05) is 13.2 Å². The zero-order chi connectivity index (χ0) is 13.2. The van der Waals surface area contributed by atoms with E-state index in [1.807, 2.05) is 42.5 Å². The van der Waals surface area contributed by atoms with Crippen LogP contribution in [0.25, 0.3) is 0 Å². The van der Waals surface area contributed by atoms with Crippen molar-refractivity contribution in [1.29, 1.82) is 0 Å². The number of ether oxygens (including phenoxy) is 1. The van der Waals surface area contributed by atoms with Crippen molar-refractivity contribution in [2.24, 2.45) is 0 Å². The third-order valence-corrected chi connectivity index (χ3v) is 2.69. The predicted molar refractivity (Wildman–Crippen MR) is 79.2 cm³/mol. The van der Waals surface area contributed by atoms with Crippen LogP contribution in [0.1, 0.15) is 5.56 Å². The molecule has 2 aromatic carbocycles. The van der Waals surface area contributed by atoms with Crippen LogP contribution < -0.4 is 10.1 Å². The lowest BCUT2D eigenvalue weighted by molar-refractivity contribution is 0.362. The van der Waals surface area contributed by atoms with Crippen LogP contribution in [-0.4, -0.2) is 13.2 Å². The molecule has 0 aliphatic rings. The minimum Gasteiger partial charge on any atom is -0.490 e. The molecule has 0 fully saturated rings. The van der Waals surface area contributed by atoms with E-state index < -0.39 is 0 Å². The van der Waals surface area contributed by atoms with E-state index in [-0.39, 0.29) is 0 Å². The molecule has 19 heavy (non-hydrogen) atoms. The zero-order valence-corrected chi connectivity index (χ0v) is 11.0. The molecule has 0 heterocycles. The summed E-state index contributed by atoms with van der Waals surface area (Å²) in [6.07, 6.45) is 4.12. The molecule has 0 aliphatic heterocycles. The smallest absolute Gasteiger partial charge is 0.119 e. The van der Waals surface area contributed by atoms with Crippen LogP contribution in [0.5, 0.6) is 5.75 Å². The lowest BCUT2D eigenvalue weighted by atomic mass is 10.2. The number of nitrogens with one attached hydrogen (secondary N) is 1. The van der Waals surface area contributed by atoms with Crippen LogP contribution >= 0.6 is 0 Å². The average Bonchev–Trinajstić information content (AvgIpc) is 2.48. The van der Waals surface area contributed by atoms with Gasteiger partial charge in [0.2, 0.25) is 0 Å². The Morgan fingerprint density at radius 1 is 0.842 bits per heavy atom. The molecule has 0 bridgehead atoms. The first-order valence-electron chi connectivity index (χ1n) is 6.52. The first-order chi connectivity index (χ1) is 9.45. The molecule has 2 aromatic rings. The fraction of sp³-hybridized carbons (Fsp3) is 0.176. The van der Waals surface area contributed by atoms with Crippen molar-refractivity contribution < 1.29 is 4.74 Å². The van der Waals surface area contributed by atoms with Crippen LogP contribution in [0.3, 0.4) is 0 Å². The molecule has 0 saturated carbocycles. The molecule has 0 spiro atoms. The van der Waals surface area contributed by atoms with Crippen LogP contribution in [0.15, 0.2) is 72.8 Å². The zero-order valence-electron chi connectivity index (χ0n) is 11.0. The van der Waals surface area contributed by atoms with E-state index in [0.717, 1.165) is 18.8 Å². The van der Waals surface area contributed by atoms with Crippen LogP contribution in [0.2, 0.25) is 0 Å². The Morgan fingerprint density at radius 2 is 1.53 bits per heavy atom. The largest absolute Gasteiger partial charge is 0.490 e. The molecule has 2 nitrogen and oxygen atoms in total. The Morgan fingerprint density at radius 3 is 2.26 bits per heavy atom. The van der Waals surface area contributed by atoms with Crippen molar-refractivity contribution in [3.05, 3.63) is 78.4 Å². The highest BCUT2D eigenvalue weighted by atomic mass is 16.5. The quantitative estimate of drug-likeness (QED) is 0.603. The lowest BCUT2D eigenvalue weighted by Gasteiger charge is -2.02. The van der Waals surface area contributed by atoms with Gasteiger partial charge in [-0.3, -0.25) is 0 Å². The van der Waals surface area contributed by atoms with E-state index in [9.17, 15) is 0 Å². The van der Waals surface area contributed by atoms with Crippen molar-refractivity contribution >= 4 is 0 Å². The second-order valence-corrected chi connectivity index (χ2v) is 4.21. The molecule has 0 amide bonds. The van der Waals surface area contributed by atoms with Crippen LogP contribution in [-0.2, 0) is 6.54 Å². The molecule has 98 valence electrons. The third-order valence-electron chi connectivity index (χ3n) is 2.69. The molecule has 0 atom stereocenters. The standard InChI is InChI=1S/C17H19NO/c1-3-9-16(10-4-1)15-18-13-7-8-14-19-17-11-5-2-6-12-17/h1-12,18H,13-15H2. The molecule has 0 saturated heterocycles. The summed E-state index contributed by atoms with van der Waals surface area (Å²) in [7, 11) is 0. The molecule has 0 radical (unpaired) electrons. The van der Waals surface area contributed by atoms with Gasteiger partial charge in [-0.1, -0.05) is 60.7 Å². The summed E-state index contributed by atoms with van der Waals surface area (Å²) < 4.78 is 5.56. The number of para-hydroxylation sites is 1. The number of benzene rings is 2. The van der Waals surface area contributed by atoms with Gasteiger partial charge in [0, 0.05) is 13.1 Å². The maximum atomic E-state index is 5.56. The van der Waals surface area contributed by atoms with Gasteiger partial charge >= 0.3 is 0 Å². The number of hydrogen-bond donors (Lipinski definition) is 1. The fourth-order valence-electron chi connectivity index (χ4n) is 1.71. The Labute approximate surface area is 114 Å². The summed E-state index contributed by atoms with van der Waals surface area (Å²) >= 11 is 0. The first-order valence-corrected chi connectivity index (χ1v) is 6.52. The normalized spacial score (nSPS) is 10.7. The number of hydrogen-bond acceptors (Lipinski definition) is 2. The lowest BCUT2D eigenvalue weighted by Crippen LogP contribution is -2.12. The van der Waals surface area contributed by atoms with Gasteiger partial charge in [0.1, 0.15) is 12.4 Å². The van der Waals surface area contributed by atoms with Gasteiger partial charge in [-0.2, -0.15) is 0 Å². The van der Waals surface area contributed by atoms with Gasteiger partial charge in [-0.15, -0.1) is 0 Å². The van der Waals surface area contributed by atoms with E-state index in [1.54, 1.807) is 0 Å². The van der Waals surface area contributed by atoms with Crippen molar-refractivity contribution in [2.45, 2.75) is 6.54 Å². The van der Waals surface area contributed by atoms with E-state index in [0.29, 0.717) is 6.61 Å². The first kappa shape index (κ1) is 13.4. The average molecular weight is 253 g/mol. The minimum atomic E-state index is 0.608. The molecule has 0 unspecified atom stereocenters. The Balaban J connectivity index is 1.57. The highest BCUT2D eigenvalue weighted by molar-refractivity contribution is 5.21. The summed E-state index contributed by atoms with van der Waals surface area (Å²) in [5, 5.41) is 3.36. The summed E-state index contributed by atoms with van der Waals surface area (Å²) in [6.45, 7) is 2.36. The Bertz CT molecular complexity index is 479. The minimum absolute atomic E-state index is 0.608. The highest BCUT2D eigenvalue weighted by Gasteiger charge is 1.89. The van der Waals surface area contributed by atoms with Crippen LogP contribution in [0.4, 0.5) is 0 Å². The van der Waals surface area contributed by atoms with E-state index in [1.165, 1.54) is 5.56 Å². The molecule has 0 aliphatic carbocycles. The maximum absolute atomic E-state index is 5.56. The molecular weight excluding hydrogens is 234 g/mol. The molecule has 2 rings (SSSR count). The summed E-state index contributed by atoms with van der Waals surface area (Å²) in [6, 6.07) is 20.2. The van der Waals surface area contributed by atoms with Crippen molar-refractivity contribution in [3.8, 4) is 5.75 Å². The fourth-order valence-corrected chi connectivity index (χ4v) is 1.71. The highest BCUT2D eigenvalue weighted by Crippen LogP contribution is 2.07. The van der Waals surface area contributed by atoms with Crippen molar-refractivity contribution in [3.63, 3.8) is 0 Å². The van der Waals surface area contributed by atoms with Gasteiger partial charge in [0.25, 0.3) is 0 Å². The van der Waals surface area contributed by atoms with Crippen molar-refractivity contribution in [1.82, 2.24) is 5.32 Å². The van der Waals surface area contributed by atoms with Gasteiger partial charge in [-0.05, 0) is 17.7 Å². The SMILES string of the molecule is C(=CCOc1ccccc1)CNCc1ccccc1. The topological polar surface area (TPSA) is 21.3 Å². The second kappa shape index (κ2) is 8.11. The monoisotopic (exact) mass is 253 g/mol. The Hall–Kier alpha value is -2.06. The number of rotatable bonds is 7. The molecular formula is C17H19NO. The van der Waals surface area contributed by atoms with E-state index in [2.05, 4.69) is 35.7 Å². The van der Waals surface area contributed by atoms with Gasteiger partial charge in [0.05, 0.1) is 0 Å². The molecule has 0 aromatic heterocycles. The maximum Gasteiger partial charge on any atom is 0.119 e. The predicted octanol–water partition coefficient (Wildman–Crippen LogP) is 3.41. The van der Waals surface area contributed by atoms with Gasteiger partial charge in [-0.25, -0.2) is 0 Å². The summed E-state index contributed by atoms with van der Waals surface area (Å²) in [5.41, 5.74) is 1.30. The van der Waals surface area contributed by atoms with E-state index in [4.69, 9.17) is 4.74 Å². The summed E-state index contributed by atoms with van der Waals surface area (Å²) in [4.78, 5) is 0. The Kier molecular flexibility index (Phi) is 5.71. The van der Waals surface area contributed by atoms with Crippen LogP contribution in [0, 0.1) is 0 Å². The van der Waals surface area contributed by atoms with E-state index >= 15 is 0 Å².